The van der Waals surface area contributed by atoms with Gasteiger partial charge in [0.05, 0.1) is 28.3 Å². The fourth-order valence-electron chi connectivity index (χ4n) is 3.22. The number of ether oxygens (including phenoxy) is 2. The molecule has 6 nitrogen and oxygen atoms in total. The maximum atomic E-state index is 6.51. The van der Waals surface area contributed by atoms with Crippen molar-refractivity contribution in [2.45, 2.75) is 6.92 Å². The Hall–Kier alpha value is -3.13. The van der Waals surface area contributed by atoms with E-state index in [1.165, 1.54) is 11.3 Å². The van der Waals surface area contributed by atoms with E-state index in [1.807, 2.05) is 48.7 Å². The van der Waals surface area contributed by atoms with E-state index < -0.39 is 0 Å². The molecule has 4 aromatic rings. The minimum absolute atomic E-state index is 0.224. The van der Waals surface area contributed by atoms with Crippen LogP contribution in [0, 0.1) is 0 Å². The summed E-state index contributed by atoms with van der Waals surface area (Å²) in [6, 6.07) is 14.9. The molecule has 1 aliphatic rings. The number of thiazole rings is 1. The highest BCUT2D eigenvalue weighted by Crippen LogP contribution is 2.33. The Kier molecular flexibility index (Phi) is 5.70. The molecule has 160 valence electrons. The molecule has 0 saturated carbocycles. The quantitative estimate of drug-likeness (QED) is 0.327. The third-order valence-electron chi connectivity index (χ3n) is 4.80. The Morgan fingerprint density at radius 3 is 2.78 bits per heavy atom. The highest BCUT2D eigenvalue weighted by atomic mass is 35.5. The van der Waals surface area contributed by atoms with Crippen LogP contribution in [0.1, 0.15) is 12.5 Å². The van der Waals surface area contributed by atoms with Gasteiger partial charge in [-0.25, -0.2) is 9.67 Å². The van der Waals surface area contributed by atoms with Crippen molar-refractivity contribution in [2.75, 3.05) is 6.79 Å². The molecule has 0 amide bonds. The second-order valence-corrected chi connectivity index (χ2v) is 8.60. The van der Waals surface area contributed by atoms with Crippen molar-refractivity contribution in [3.8, 4) is 22.8 Å². The molecular weight excluding hydrogens is 467 g/mol. The van der Waals surface area contributed by atoms with Crippen LogP contribution in [0.15, 0.2) is 76.4 Å². The zero-order valence-electron chi connectivity index (χ0n) is 16.8. The van der Waals surface area contributed by atoms with E-state index in [2.05, 4.69) is 4.98 Å². The molecule has 0 aliphatic carbocycles. The van der Waals surface area contributed by atoms with E-state index in [9.17, 15) is 0 Å². The first-order chi connectivity index (χ1) is 15.6. The molecule has 0 atom stereocenters. The lowest BCUT2D eigenvalue weighted by atomic mass is 10.1. The Balaban J connectivity index is 1.67. The molecule has 9 heteroatoms. The van der Waals surface area contributed by atoms with Gasteiger partial charge in [0.25, 0.3) is 0 Å². The molecule has 3 heterocycles. The second-order valence-electron chi connectivity index (χ2n) is 6.92. The zero-order chi connectivity index (χ0) is 22.1. The summed E-state index contributed by atoms with van der Waals surface area (Å²) in [5.74, 6) is 1.43. The molecule has 0 unspecified atom stereocenters. The average Bonchev–Trinajstić information content (AvgIpc) is 3.41. The lowest BCUT2D eigenvalue weighted by molar-refractivity contribution is 0.174. The first-order valence-corrected chi connectivity index (χ1v) is 11.3. The van der Waals surface area contributed by atoms with E-state index in [0.29, 0.717) is 20.6 Å². The zero-order valence-corrected chi connectivity index (χ0v) is 19.2. The van der Waals surface area contributed by atoms with Gasteiger partial charge in [-0.3, -0.25) is 4.98 Å². The topological polar surface area (TPSA) is 61.0 Å². The summed E-state index contributed by atoms with van der Waals surface area (Å²) in [7, 11) is 0. The summed E-state index contributed by atoms with van der Waals surface area (Å²) in [4.78, 5) is 9.56. The van der Waals surface area contributed by atoms with Gasteiger partial charge in [0.1, 0.15) is 0 Å². The van der Waals surface area contributed by atoms with Crippen LogP contribution in [0.25, 0.3) is 11.3 Å². The molecule has 5 rings (SSSR count). The molecule has 2 aromatic carbocycles. The number of hydrogen-bond acceptors (Lipinski definition) is 6. The van der Waals surface area contributed by atoms with Crippen LogP contribution in [0.5, 0.6) is 11.5 Å². The number of halogens is 2. The minimum Gasteiger partial charge on any atom is -0.454 e. The molecule has 0 fully saturated rings. The monoisotopic (exact) mass is 482 g/mol. The van der Waals surface area contributed by atoms with Gasteiger partial charge in [-0.05, 0) is 55.5 Å². The highest BCUT2D eigenvalue weighted by molar-refractivity contribution is 7.07. The molecular formula is C23H16Cl2N4O2S. The van der Waals surface area contributed by atoms with Gasteiger partial charge in [0.2, 0.25) is 11.6 Å². The fourth-order valence-corrected chi connectivity index (χ4v) is 4.56. The van der Waals surface area contributed by atoms with E-state index in [4.69, 9.17) is 42.8 Å². The maximum absolute atomic E-state index is 6.51. The van der Waals surface area contributed by atoms with Crippen molar-refractivity contribution in [1.82, 2.24) is 9.66 Å². The summed E-state index contributed by atoms with van der Waals surface area (Å²) in [5, 5.41) is 7.97. The largest absolute Gasteiger partial charge is 0.454 e. The molecule has 0 spiro atoms. The Bertz CT molecular complexity index is 1400. The SMILES string of the molecule is CC(=Nn1c(-c2ccc(Cl)cc2Cl)csc1=Nc1cccnc1)c1ccc2c(c1)OCO2. The summed E-state index contributed by atoms with van der Waals surface area (Å²) in [6.07, 6.45) is 3.41. The van der Waals surface area contributed by atoms with Gasteiger partial charge in [0.15, 0.2) is 11.5 Å². The van der Waals surface area contributed by atoms with Crippen molar-refractivity contribution in [3.63, 3.8) is 0 Å². The second kappa shape index (κ2) is 8.78. The van der Waals surface area contributed by atoms with E-state index in [0.717, 1.165) is 34.0 Å². The molecule has 0 saturated heterocycles. The fraction of sp³-hybridized carbons (Fsp3) is 0.0870. The van der Waals surface area contributed by atoms with Crippen molar-refractivity contribution >= 4 is 45.9 Å². The summed E-state index contributed by atoms with van der Waals surface area (Å²) in [6.45, 7) is 2.16. The smallest absolute Gasteiger partial charge is 0.231 e. The lowest BCUT2D eigenvalue weighted by Gasteiger charge is -2.08. The van der Waals surface area contributed by atoms with Gasteiger partial charge in [0, 0.05) is 27.7 Å². The molecule has 0 N–H and O–H groups in total. The minimum atomic E-state index is 0.224. The Morgan fingerprint density at radius 2 is 1.97 bits per heavy atom. The number of fused-ring (bicyclic) bond motifs is 1. The van der Waals surface area contributed by atoms with Crippen molar-refractivity contribution in [3.05, 3.63) is 86.7 Å². The van der Waals surface area contributed by atoms with Gasteiger partial charge in [-0.1, -0.05) is 23.2 Å². The third kappa shape index (κ3) is 4.14. The van der Waals surface area contributed by atoms with Crippen LogP contribution in [0.3, 0.4) is 0 Å². The van der Waals surface area contributed by atoms with Gasteiger partial charge < -0.3 is 9.47 Å². The standard InChI is InChI=1S/C23H16Cl2N4O2S/c1-14(15-4-7-21-22(9-15)31-13-30-21)28-29-20(18-6-5-16(24)10-19(18)25)12-32-23(29)27-17-3-2-8-26-11-17/h2-12H,13H2,1H3. The van der Waals surface area contributed by atoms with Crippen molar-refractivity contribution in [2.24, 2.45) is 10.1 Å². The predicted octanol–water partition coefficient (Wildman–Crippen LogP) is 6.15. The molecule has 0 bridgehead atoms. The summed E-state index contributed by atoms with van der Waals surface area (Å²) in [5.41, 5.74) is 4.03. The Labute approximate surface area is 198 Å². The highest BCUT2D eigenvalue weighted by Gasteiger charge is 2.16. The molecule has 2 aromatic heterocycles. The first-order valence-electron chi connectivity index (χ1n) is 9.65. The van der Waals surface area contributed by atoms with E-state index in [1.54, 1.807) is 29.2 Å². The number of nitrogens with zero attached hydrogens (tertiary/aromatic N) is 4. The number of rotatable bonds is 4. The number of aromatic nitrogens is 2. The van der Waals surface area contributed by atoms with E-state index >= 15 is 0 Å². The van der Waals surface area contributed by atoms with Gasteiger partial charge in [-0.15, -0.1) is 11.3 Å². The van der Waals surface area contributed by atoms with Gasteiger partial charge in [-0.2, -0.15) is 5.10 Å². The van der Waals surface area contributed by atoms with Crippen LogP contribution in [-0.2, 0) is 0 Å². The number of benzene rings is 2. The van der Waals surface area contributed by atoms with Crippen LogP contribution >= 0.6 is 34.5 Å². The molecule has 1 aliphatic heterocycles. The third-order valence-corrected chi connectivity index (χ3v) is 6.17. The van der Waals surface area contributed by atoms with Gasteiger partial charge >= 0.3 is 0 Å². The van der Waals surface area contributed by atoms with Crippen LogP contribution < -0.4 is 14.3 Å². The van der Waals surface area contributed by atoms with Crippen LogP contribution in [-0.4, -0.2) is 22.2 Å². The number of hydrogen-bond donors (Lipinski definition) is 0. The summed E-state index contributed by atoms with van der Waals surface area (Å²) >= 11 is 14.1. The maximum Gasteiger partial charge on any atom is 0.231 e. The molecule has 0 radical (unpaired) electrons. The molecule has 32 heavy (non-hydrogen) atoms. The number of pyridine rings is 1. The first kappa shape index (κ1) is 20.8. The summed E-state index contributed by atoms with van der Waals surface area (Å²) < 4.78 is 12.7. The van der Waals surface area contributed by atoms with Crippen LogP contribution in [0.4, 0.5) is 5.69 Å². The van der Waals surface area contributed by atoms with Crippen molar-refractivity contribution in [1.29, 1.82) is 0 Å². The van der Waals surface area contributed by atoms with Crippen LogP contribution in [0.2, 0.25) is 10.0 Å². The average molecular weight is 483 g/mol. The van der Waals surface area contributed by atoms with E-state index in [-0.39, 0.29) is 6.79 Å². The normalized spacial score (nSPS) is 13.6. The van der Waals surface area contributed by atoms with Crippen molar-refractivity contribution < 1.29 is 9.47 Å². The lowest BCUT2D eigenvalue weighted by Crippen LogP contribution is -2.14. The Morgan fingerprint density at radius 1 is 1.09 bits per heavy atom. The predicted molar refractivity (Wildman–Crippen MR) is 127 cm³/mol.